The number of nitrogens with one attached hydrogen (secondary N) is 1. The van der Waals surface area contributed by atoms with Crippen molar-refractivity contribution < 1.29 is 27.7 Å². The number of hydrogen-bond donors (Lipinski definition) is 2. The molecule has 2 N–H and O–H groups in total. The number of phenolic OH excluding ortho intramolecular Hbond substituents is 1. The smallest absolute Gasteiger partial charge is 0.321 e. The zero-order valence-corrected chi connectivity index (χ0v) is 17.8. The van der Waals surface area contributed by atoms with Crippen molar-refractivity contribution in [3.8, 4) is 23.4 Å². The number of anilines is 1. The second-order valence-electron chi connectivity index (χ2n) is 6.07. The van der Waals surface area contributed by atoms with Gasteiger partial charge in [-0.1, -0.05) is 0 Å². The van der Waals surface area contributed by atoms with E-state index in [4.69, 9.17) is 14.2 Å². The highest BCUT2D eigenvalue weighted by Crippen LogP contribution is 2.26. The van der Waals surface area contributed by atoms with E-state index in [0.29, 0.717) is 17.0 Å². The molecule has 0 radical (unpaired) electrons. The lowest BCUT2D eigenvalue weighted by molar-refractivity contribution is 0.353. The predicted octanol–water partition coefficient (Wildman–Crippen LogP) is 2.76. The van der Waals surface area contributed by atoms with E-state index in [9.17, 15) is 13.5 Å². The number of phenols is 1. The van der Waals surface area contributed by atoms with Crippen LogP contribution in [0.3, 0.4) is 0 Å². The summed E-state index contributed by atoms with van der Waals surface area (Å²) in [5, 5.41) is 9.82. The number of ether oxygens (including phenoxy) is 3. The fraction of sp³-hybridized carbons (Fsp3) is 0.150. The van der Waals surface area contributed by atoms with E-state index in [1.54, 1.807) is 30.5 Å². The van der Waals surface area contributed by atoms with Crippen molar-refractivity contribution in [2.75, 3.05) is 26.1 Å². The molecule has 0 bridgehead atoms. The van der Waals surface area contributed by atoms with E-state index in [2.05, 4.69) is 19.7 Å². The Morgan fingerprint density at radius 1 is 0.968 bits per heavy atom. The van der Waals surface area contributed by atoms with Gasteiger partial charge in [0.2, 0.25) is 5.88 Å². The molecular weight excluding hydrogens is 424 g/mol. The third-order valence-electron chi connectivity index (χ3n) is 4.03. The van der Waals surface area contributed by atoms with Gasteiger partial charge in [0, 0.05) is 12.3 Å². The van der Waals surface area contributed by atoms with Crippen LogP contribution in [0.5, 0.6) is 23.4 Å². The van der Waals surface area contributed by atoms with Crippen molar-refractivity contribution in [1.82, 2.24) is 9.97 Å². The number of benzene rings is 2. The highest BCUT2D eigenvalue weighted by atomic mass is 32.2. The Balaban J connectivity index is 1.76. The zero-order valence-electron chi connectivity index (χ0n) is 16.9. The minimum atomic E-state index is -3.91. The lowest BCUT2D eigenvalue weighted by Gasteiger charge is -2.09. The minimum absolute atomic E-state index is 0.00283. The summed E-state index contributed by atoms with van der Waals surface area (Å²) in [6.07, 6.45) is 1.54. The van der Waals surface area contributed by atoms with Crippen LogP contribution in [0.2, 0.25) is 0 Å². The molecular formula is C20H20N4O6S. The first-order chi connectivity index (χ1) is 14.8. The molecule has 0 fully saturated rings. The number of nitrogens with zero attached hydrogens (tertiary/aromatic N) is 3. The van der Waals surface area contributed by atoms with Gasteiger partial charge in [0.1, 0.15) is 0 Å². The van der Waals surface area contributed by atoms with Crippen LogP contribution in [-0.2, 0) is 10.0 Å². The number of aliphatic imine (C=N–C) groups is 1. The van der Waals surface area contributed by atoms with E-state index in [0.717, 1.165) is 0 Å². The van der Waals surface area contributed by atoms with Gasteiger partial charge in [-0.3, -0.25) is 9.71 Å². The molecule has 0 aliphatic heterocycles. The average molecular weight is 444 g/mol. The van der Waals surface area contributed by atoms with Gasteiger partial charge in [0.25, 0.3) is 10.0 Å². The van der Waals surface area contributed by atoms with Crippen molar-refractivity contribution >= 4 is 27.7 Å². The molecule has 0 spiro atoms. The maximum Gasteiger partial charge on any atom is 0.321 e. The SMILES string of the molecule is COc1cc(NS(=O)(=O)c2ccc(N=Cc3ccc(OC)c(O)c3)cc2)nc(OC)n1. The van der Waals surface area contributed by atoms with Crippen molar-refractivity contribution in [1.29, 1.82) is 0 Å². The van der Waals surface area contributed by atoms with Crippen LogP contribution in [0.1, 0.15) is 5.56 Å². The maximum absolute atomic E-state index is 12.7. The van der Waals surface area contributed by atoms with Gasteiger partial charge < -0.3 is 19.3 Å². The lowest BCUT2D eigenvalue weighted by atomic mass is 10.2. The fourth-order valence-electron chi connectivity index (χ4n) is 2.50. The van der Waals surface area contributed by atoms with E-state index in [1.807, 2.05) is 0 Å². The molecule has 0 aliphatic carbocycles. The summed E-state index contributed by atoms with van der Waals surface area (Å²) in [6, 6.07) is 12.1. The Hall–Kier alpha value is -3.86. The number of aromatic hydroxyl groups is 1. The first-order valence-electron chi connectivity index (χ1n) is 8.85. The molecule has 31 heavy (non-hydrogen) atoms. The minimum Gasteiger partial charge on any atom is -0.504 e. The molecule has 10 nitrogen and oxygen atoms in total. The number of rotatable bonds is 8. The van der Waals surface area contributed by atoms with E-state index in [-0.39, 0.29) is 28.4 Å². The van der Waals surface area contributed by atoms with Crippen molar-refractivity contribution in [3.63, 3.8) is 0 Å². The van der Waals surface area contributed by atoms with Crippen molar-refractivity contribution in [3.05, 3.63) is 54.1 Å². The van der Waals surface area contributed by atoms with Gasteiger partial charge in [-0.25, -0.2) is 8.42 Å². The third-order valence-corrected chi connectivity index (χ3v) is 5.40. The van der Waals surface area contributed by atoms with Crippen molar-refractivity contribution in [2.24, 2.45) is 4.99 Å². The van der Waals surface area contributed by atoms with Gasteiger partial charge >= 0.3 is 6.01 Å². The molecule has 0 amide bonds. The summed E-state index contributed by atoms with van der Waals surface area (Å²) in [5.74, 6) is 0.513. The molecule has 162 valence electrons. The molecule has 3 aromatic rings. The topological polar surface area (TPSA) is 132 Å². The van der Waals surface area contributed by atoms with Crippen LogP contribution >= 0.6 is 0 Å². The summed E-state index contributed by atoms with van der Waals surface area (Å²) in [6.45, 7) is 0. The molecule has 0 aliphatic rings. The quantitative estimate of drug-likeness (QED) is 0.507. The Bertz CT molecular complexity index is 1170. The van der Waals surface area contributed by atoms with Gasteiger partial charge in [0.15, 0.2) is 17.3 Å². The Labute approximate surface area is 179 Å². The maximum atomic E-state index is 12.7. The molecule has 0 saturated carbocycles. The Morgan fingerprint density at radius 3 is 2.32 bits per heavy atom. The summed E-state index contributed by atoms with van der Waals surface area (Å²) in [4.78, 5) is 12.2. The second kappa shape index (κ2) is 9.30. The monoisotopic (exact) mass is 444 g/mol. The Morgan fingerprint density at radius 2 is 1.71 bits per heavy atom. The molecule has 3 rings (SSSR count). The van der Waals surface area contributed by atoms with Crippen molar-refractivity contribution in [2.45, 2.75) is 4.90 Å². The first-order valence-corrected chi connectivity index (χ1v) is 10.3. The standard InChI is InChI=1S/C20H20N4O6S/c1-28-17-9-4-13(10-16(17)25)12-21-14-5-7-15(8-6-14)31(26,27)24-18-11-19(29-2)23-20(22-18)30-3/h4-12,25H,1-3H3,(H,22,23,24). The third kappa shape index (κ3) is 5.39. The summed E-state index contributed by atoms with van der Waals surface area (Å²) in [7, 11) is 0.309. The number of sulfonamides is 1. The summed E-state index contributed by atoms with van der Waals surface area (Å²) in [5.41, 5.74) is 1.18. The highest BCUT2D eigenvalue weighted by Gasteiger charge is 2.16. The molecule has 1 heterocycles. The van der Waals surface area contributed by atoms with Crippen LogP contribution < -0.4 is 18.9 Å². The van der Waals surface area contributed by atoms with Gasteiger partial charge in [-0.05, 0) is 48.0 Å². The highest BCUT2D eigenvalue weighted by molar-refractivity contribution is 7.92. The van der Waals surface area contributed by atoms with E-state index < -0.39 is 10.0 Å². The van der Waals surface area contributed by atoms with Crippen LogP contribution in [0.15, 0.2) is 58.4 Å². The van der Waals surface area contributed by atoms with Crippen LogP contribution in [0.4, 0.5) is 11.5 Å². The Kier molecular flexibility index (Phi) is 6.55. The van der Waals surface area contributed by atoms with Gasteiger partial charge in [-0.2, -0.15) is 9.97 Å². The largest absolute Gasteiger partial charge is 0.504 e. The molecule has 0 atom stereocenters. The molecule has 0 unspecified atom stereocenters. The molecule has 11 heteroatoms. The molecule has 0 saturated heterocycles. The summed E-state index contributed by atoms with van der Waals surface area (Å²) < 4.78 is 42.6. The number of aromatic nitrogens is 2. The van der Waals surface area contributed by atoms with Gasteiger partial charge in [0.05, 0.1) is 31.9 Å². The second-order valence-corrected chi connectivity index (χ2v) is 7.75. The van der Waals surface area contributed by atoms with Crippen LogP contribution in [0.25, 0.3) is 0 Å². The van der Waals surface area contributed by atoms with E-state index in [1.165, 1.54) is 45.6 Å². The fourth-order valence-corrected chi connectivity index (χ4v) is 3.49. The van der Waals surface area contributed by atoms with Crippen LogP contribution in [-0.4, -0.2) is 51.0 Å². The summed E-state index contributed by atoms with van der Waals surface area (Å²) >= 11 is 0. The molecule has 1 aromatic heterocycles. The molecule has 2 aromatic carbocycles. The van der Waals surface area contributed by atoms with Crippen LogP contribution in [0, 0.1) is 0 Å². The number of methoxy groups -OCH3 is 3. The average Bonchev–Trinajstić information content (AvgIpc) is 2.77. The van der Waals surface area contributed by atoms with E-state index >= 15 is 0 Å². The predicted molar refractivity (Wildman–Crippen MR) is 114 cm³/mol. The zero-order chi connectivity index (χ0) is 22.4. The van der Waals surface area contributed by atoms with Gasteiger partial charge in [-0.15, -0.1) is 0 Å². The lowest BCUT2D eigenvalue weighted by Crippen LogP contribution is -2.14. The normalized spacial score (nSPS) is 11.3. The first kappa shape index (κ1) is 21.8. The number of hydrogen-bond acceptors (Lipinski definition) is 9.